The average Bonchev–Trinajstić information content (AvgIpc) is 3.49. The zero-order valence-corrected chi connectivity index (χ0v) is 52.4. The fourth-order valence-electron chi connectivity index (χ4n) is 10.2. The third kappa shape index (κ3) is 11.8. The summed E-state index contributed by atoms with van der Waals surface area (Å²) in [6.45, 7) is 15.3. The molecule has 0 aliphatic heterocycles. The number of pyridine rings is 3. The van der Waals surface area contributed by atoms with Gasteiger partial charge in [0.15, 0.2) is 0 Å². The van der Waals surface area contributed by atoms with Crippen molar-refractivity contribution in [2.45, 2.75) is 59.3 Å². The third-order valence-corrected chi connectivity index (χ3v) is 16.5. The molecule has 0 unspecified atom stereocenters. The Morgan fingerprint density at radius 2 is 0.750 bits per heavy atom. The molecule has 0 saturated carbocycles. The van der Waals surface area contributed by atoms with E-state index in [0.29, 0.717) is 0 Å². The van der Waals surface area contributed by atoms with Crippen LogP contribution in [0.3, 0.4) is 0 Å². The van der Waals surface area contributed by atoms with Gasteiger partial charge >= 0.3 is 20.1 Å². The molecule has 0 fully saturated rings. The maximum absolute atomic E-state index is 14.2. The topological polar surface area (TPSA) is 38.7 Å². The summed E-state index contributed by atoms with van der Waals surface area (Å²) >= 11 is 12.0. The number of aryl methyl sites for hydroxylation is 1. The van der Waals surface area contributed by atoms with E-state index >= 15 is 0 Å². The van der Waals surface area contributed by atoms with Crippen LogP contribution in [0.15, 0.2) is 214 Å². The van der Waals surface area contributed by atoms with E-state index in [1.807, 2.05) is 43.7 Å². The molecule has 0 N–H and O–H groups in total. The maximum atomic E-state index is 14.2. The van der Waals surface area contributed by atoms with E-state index < -0.39 is 0 Å². The number of nitrogens with zero attached hydrogens (tertiary/aromatic N) is 3. The second-order valence-electron chi connectivity index (χ2n) is 22.0. The van der Waals surface area contributed by atoms with Crippen LogP contribution in [0.1, 0.15) is 58.2 Å². The molecule has 11 rings (SSSR count). The van der Waals surface area contributed by atoms with Crippen molar-refractivity contribution in [1.82, 2.24) is 15.0 Å². The van der Waals surface area contributed by atoms with Crippen LogP contribution < -0.4 is 0 Å². The van der Waals surface area contributed by atoms with Crippen molar-refractivity contribution >= 4 is 47.8 Å². The van der Waals surface area contributed by atoms with E-state index in [1.54, 1.807) is 12.1 Å². The Morgan fingerprint density at radius 1 is 0.375 bits per heavy atom. The van der Waals surface area contributed by atoms with Crippen LogP contribution in [0.2, 0.25) is 0 Å². The molecular weight excluding hydrogens is 1360 g/mol. The fourth-order valence-corrected chi connectivity index (χ4v) is 11.9. The van der Waals surface area contributed by atoms with Gasteiger partial charge in [-0.05, 0) is 133 Å². The van der Waals surface area contributed by atoms with Gasteiger partial charge < -0.3 is 15.0 Å². The first-order chi connectivity index (χ1) is 38.0. The first kappa shape index (κ1) is 56.5. The van der Waals surface area contributed by atoms with E-state index in [-0.39, 0.29) is 36.8 Å². The first-order valence-corrected chi connectivity index (χ1v) is 28.6. The van der Waals surface area contributed by atoms with Crippen molar-refractivity contribution in [2.75, 3.05) is 0 Å². The third-order valence-electron chi connectivity index (χ3n) is 14.5. The molecule has 0 bridgehead atoms. The molecule has 394 valence electrons. The van der Waals surface area contributed by atoms with Crippen LogP contribution in [0.5, 0.6) is 0 Å². The Balaban J connectivity index is 0.00000720. The molecule has 8 aromatic carbocycles. The molecule has 0 atom stereocenters. The van der Waals surface area contributed by atoms with Gasteiger partial charge in [-0.1, -0.05) is 239 Å². The molecule has 0 amide bonds. The zero-order valence-electron chi connectivity index (χ0n) is 45.2. The molecule has 11 aromatic rings. The average molecular weight is 1410 g/mol. The number of hydrogen-bond acceptors (Lipinski definition) is 3. The Morgan fingerprint density at radius 3 is 1.10 bits per heavy atom. The van der Waals surface area contributed by atoms with Gasteiger partial charge in [0.2, 0.25) is 0 Å². The standard InChI is InChI=1S/C72H54Br3FN3.Ir/c1-44-33-68(79-43-64(44)45-15-14-16-54(76)37-45)46-23-26-61(65(73)38-46)58-20-11-8-17-55(58)49-34-50(56-18-9-12-21-59(56)62-27-24-47(39-66(62)74)69-41-52(29-31-77-69)71(2,3)4)36-51(35-49)57-19-10-13-22-60(57)63-28-25-48(40-67(63)75)70-42-53(30-32-78-70)72(5,6)7;/h8-22,26-43H,1-7H3;/q-3;+3. The Labute approximate surface area is 508 Å². The van der Waals surface area contributed by atoms with Gasteiger partial charge in [0.05, 0.1) is 0 Å². The minimum absolute atomic E-state index is 0. The fraction of sp³-hybridized carbons (Fsp3) is 0.125. The number of halogens is 4. The normalized spacial score (nSPS) is 11.6. The molecule has 0 aliphatic carbocycles. The molecule has 0 aliphatic rings. The van der Waals surface area contributed by atoms with Gasteiger partial charge in [-0.25, -0.2) is 4.39 Å². The minimum atomic E-state index is -0.276. The van der Waals surface area contributed by atoms with Gasteiger partial charge in [0.1, 0.15) is 5.82 Å². The van der Waals surface area contributed by atoms with Crippen LogP contribution >= 0.6 is 47.8 Å². The predicted molar refractivity (Wildman–Crippen MR) is 336 cm³/mol. The summed E-state index contributed by atoms with van der Waals surface area (Å²) in [5.41, 5.74) is 22.9. The van der Waals surface area contributed by atoms with Gasteiger partial charge in [0, 0.05) is 24.2 Å². The molecule has 0 saturated heterocycles. The molecule has 80 heavy (non-hydrogen) atoms. The van der Waals surface area contributed by atoms with E-state index in [4.69, 9.17) is 15.0 Å². The van der Waals surface area contributed by atoms with Crippen LogP contribution in [-0.4, -0.2) is 15.0 Å². The first-order valence-electron chi connectivity index (χ1n) is 26.2. The van der Waals surface area contributed by atoms with Gasteiger partial charge in [-0.3, -0.25) is 0 Å². The second kappa shape index (κ2) is 23.4. The van der Waals surface area contributed by atoms with Crippen molar-refractivity contribution in [1.29, 1.82) is 0 Å². The van der Waals surface area contributed by atoms with E-state index in [9.17, 15) is 4.39 Å². The Bertz CT molecular complexity index is 3970. The van der Waals surface area contributed by atoms with Gasteiger partial charge in [-0.2, -0.15) is 0 Å². The molecule has 0 radical (unpaired) electrons. The van der Waals surface area contributed by atoms with Gasteiger partial charge in [0.25, 0.3) is 0 Å². The summed E-state index contributed by atoms with van der Waals surface area (Å²) < 4.78 is 17.0. The monoisotopic (exact) mass is 1410 g/mol. The number of aromatic nitrogens is 3. The molecule has 3 heterocycles. The minimum Gasteiger partial charge on any atom is -0.305 e. The number of benzene rings is 8. The zero-order chi connectivity index (χ0) is 55.2. The molecular formula is C72H54Br3FIrN3. The van der Waals surface area contributed by atoms with Crippen LogP contribution in [0, 0.1) is 30.9 Å². The molecule has 8 heteroatoms. The molecule has 3 nitrogen and oxygen atoms in total. The quantitative estimate of drug-likeness (QED) is 0.128. The summed E-state index contributed by atoms with van der Waals surface area (Å²) in [7, 11) is 0. The predicted octanol–water partition coefficient (Wildman–Crippen LogP) is 21.3. The van der Waals surface area contributed by atoms with Crippen molar-refractivity contribution in [2.24, 2.45) is 0 Å². The van der Waals surface area contributed by atoms with Crippen LogP contribution in [-0.2, 0) is 30.9 Å². The summed E-state index contributed by atoms with van der Waals surface area (Å²) in [6, 6.07) is 73.3. The van der Waals surface area contributed by atoms with Crippen LogP contribution in [0.25, 0.3) is 112 Å². The van der Waals surface area contributed by atoms with Gasteiger partial charge in [-0.15, -0.1) is 71.3 Å². The van der Waals surface area contributed by atoms with Crippen molar-refractivity contribution in [3.8, 4) is 112 Å². The molecule has 3 aromatic heterocycles. The summed E-state index contributed by atoms with van der Waals surface area (Å²) in [6.07, 6.45) is 5.60. The van der Waals surface area contributed by atoms with E-state index in [0.717, 1.165) is 131 Å². The Hall–Kier alpha value is -6.77. The summed E-state index contributed by atoms with van der Waals surface area (Å²) in [4.78, 5) is 14.4. The van der Waals surface area contributed by atoms with E-state index in [2.05, 4.69) is 253 Å². The summed E-state index contributed by atoms with van der Waals surface area (Å²) in [5.74, 6) is -0.276. The smallest absolute Gasteiger partial charge is 0.305 e. The van der Waals surface area contributed by atoms with Crippen molar-refractivity contribution < 1.29 is 24.5 Å². The molecule has 0 spiro atoms. The second-order valence-corrected chi connectivity index (χ2v) is 24.6. The van der Waals surface area contributed by atoms with Crippen LogP contribution in [0.4, 0.5) is 4.39 Å². The number of hydrogen-bond donors (Lipinski definition) is 0. The summed E-state index contributed by atoms with van der Waals surface area (Å²) in [5, 5.41) is 0. The van der Waals surface area contributed by atoms with Crippen molar-refractivity contribution in [3.05, 3.63) is 255 Å². The SMILES string of the molecule is Cc1cc(-c2[c-]cc(-c3ccccc3-c3cc(-c4ccccc4-c4c[c-]c(-c5cc(C(C)(C)C)ccn5)cc4Br)cc(-c4ccccc4-c4c[c-]c(-c5cc(C(C)(C)C)ccn5)cc4Br)c3)c(Br)c2)ncc1-c1cccc(F)c1.[Ir+3]. The number of rotatable bonds is 10. The van der Waals surface area contributed by atoms with Crippen molar-refractivity contribution in [3.63, 3.8) is 0 Å². The Kier molecular flexibility index (Phi) is 16.5. The van der Waals surface area contributed by atoms with E-state index in [1.165, 1.54) is 17.2 Å². The largest absolute Gasteiger partial charge is 3.00 e. The maximum Gasteiger partial charge on any atom is 3.00 e.